The third-order valence-corrected chi connectivity index (χ3v) is 6.36. The summed E-state index contributed by atoms with van der Waals surface area (Å²) in [6, 6.07) is 12.3. The van der Waals surface area contributed by atoms with Gasteiger partial charge in [0.1, 0.15) is 0 Å². The van der Waals surface area contributed by atoms with Crippen LogP contribution in [-0.4, -0.2) is 50.3 Å². The number of amides is 1. The first-order chi connectivity index (χ1) is 15.0. The standard InChI is InChI=1S/C22H24BrN3O5/c23-17-3-1-2-16(14-17)22(6-10-30-11-7-22)24-21(27)19-15-18(26(28)29)4-5-20(19)25-8-12-31-13-9-25/h1-5,14-15H,6-13H2,(H,24,27). The molecule has 0 spiro atoms. The van der Waals surface area contributed by atoms with Crippen LogP contribution in [0.1, 0.15) is 28.8 Å². The quantitative estimate of drug-likeness (QED) is 0.508. The summed E-state index contributed by atoms with van der Waals surface area (Å²) in [5, 5.41) is 14.6. The van der Waals surface area contributed by atoms with E-state index in [2.05, 4.69) is 21.2 Å². The second-order valence-corrected chi connectivity index (χ2v) is 8.63. The van der Waals surface area contributed by atoms with E-state index in [1.54, 1.807) is 6.07 Å². The summed E-state index contributed by atoms with van der Waals surface area (Å²) >= 11 is 3.52. The minimum absolute atomic E-state index is 0.106. The summed E-state index contributed by atoms with van der Waals surface area (Å²) in [5.41, 5.74) is 1.26. The van der Waals surface area contributed by atoms with Crippen LogP contribution in [0.25, 0.3) is 0 Å². The molecule has 0 unspecified atom stereocenters. The van der Waals surface area contributed by atoms with E-state index in [0.29, 0.717) is 63.6 Å². The molecule has 2 aromatic rings. The van der Waals surface area contributed by atoms with E-state index in [4.69, 9.17) is 9.47 Å². The second-order valence-electron chi connectivity index (χ2n) is 7.72. The van der Waals surface area contributed by atoms with Crippen LogP contribution >= 0.6 is 15.9 Å². The third kappa shape index (κ3) is 4.73. The van der Waals surface area contributed by atoms with Gasteiger partial charge in [-0.05, 0) is 36.6 Å². The Morgan fingerprint density at radius 2 is 1.77 bits per heavy atom. The van der Waals surface area contributed by atoms with Crippen LogP contribution in [0.4, 0.5) is 11.4 Å². The van der Waals surface area contributed by atoms with E-state index in [1.165, 1.54) is 12.1 Å². The maximum Gasteiger partial charge on any atom is 0.270 e. The molecule has 2 heterocycles. The van der Waals surface area contributed by atoms with Crippen molar-refractivity contribution in [1.29, 1.82) is 0 Å². The molecule has 0 atom stereocenters. The van der Waals surface area contributed by atoms with Crippen molar-refractivity contribution in [2.24, 2.45) is 0 Å². The van der Waals surface area contributed by atoms with Gasteiger partial charge in [0.15, 0.2) is 0 Å². The van der Waals surface area contributed by atoms with Gasteiger partial charge < -0.3 is 19.7 Å². The molecular weight excluding hydrogens is 466 g/mol. The van der Waals surface area contributed by atoms with Gasteiger partial charge in [0.05, 0.1) is 34.9 Å². The zero-order valence-corrected chi connectivity index (χ0v) is 18.6. The molecule has 1 N–H and O–H groups in total. The smallest absolute Gasteiger partial charge is 0.270 e. The molecule has 0 saturated carbocycles. The van der Waals surface area contributed by atoms with Crippen LogP contribution in [0.2, 0.25) is 0 Å². The molecule has 2 fully saturated rings. The fourth-order valence-corrected chi connectivity index (χ4v) is 4.58. The van der Waals surface area contributed by atoms with Crippen molar-refractivity contribution in [3.05, 3.63) is 68.2 Å². The van der Waals surface area contributed by atoms with E-state index < -0.39 is 10.5 Å². The lowest BCUT2D eigenvalue weighted by Crippen LogP contribution is -2.50. The van der Waals surface area contributed by atoms with Gasteiger partial charge in [-0.25, -0.2) is 0 Å². The average Bonchev–Trinajstić information content (AvgIpc) is 2.80. The first-order valence-electron chi connectivity index (χ1n) is 10.3. The number of nitro groups is 1. The first kappa shape index (κ1) is 21.7. The van der Waals surface area contributed by atoms with E-state index >= 15 is 0 Å². The van der Waals surface area contributed by atoms with Crippen LogP contribution < -0.4 is 10.2 Å². The summed E-state index contributed by atoms with van der Waals surface area (Å²) in [6.45, 7) is 3.41. The largest absolute Gasteiger partial charge is 0.381 e. The van der Waals surface area contributed by atoms with Gasteiger partial charge in [-0.3, -0.25) is 14.9 Å². The maximum atomic E-state index is 13.6. The molecule has 2 aliphatic heterocycles. The summed E-state index contributed by atoms with van der Waals surface area (Å²) < 4.78 is 11.9. The maximum absolute atomic E-state index is 13.6. The van der Waals surface area contributed by atoms with Crippen LogP contribution in [-0.2, 0) is 15.0 Å². The number of ether oxygens (including phenoxy) is 2. The lowest BCUT2D eigenvalue weighted by molar-refractivity contribution is -0.384. The number of carbonyl (C=O) groups excluding carboxylic acids is 1. The van der Waals surface area contributed by atoms with E-state index in [1.807, 2.05) is 29.2 Å². The fraction of sp³-hybridized carbons (Fsp3) is 0.409. The van der Waals surface area contributed by atoms with E-state index in [9.17, 15) is 14.9 Å². The van der Waals surface area contributed by atoms with Crippen LogP contribution in [0.15, 0.2) is 46.9 Å². The molecule has 0 bridgehead atoms. The van der Waals surface area contributed by atoms with Crippen molar-refractivity contribution < 1.29 is 19.2 Å². The molecule has 0 radical (unpaired) electrons. The summed E-state index contributed by atoms with van der Waals surface area (Å²) in [7, 11) is 0. The van der Waals surface area contributed by atoms with E-state index in [-0.39, 0.29) is 11.6 Å². The van der Waals surface area contributed by atoms with Gasteiger partial charge >= 0.3 is 0 Å². The van der Waals surface area contributed by atoms with Gasteiger partial charge in [-0.2, -0.15) is 0 Å². The van der Waals surface area contributed by atoms with Crippen LogP contribution in [0, 0.1) is 10.1 Å². The first-order valence-corrected chi connectivity index (χ1v) is 11.1. The number of morpholine rings is 1. The normalized spacial score (nSPS) is 18.4. The Morgan fingerprint density at radius 1 is 1.06 bits per heavy atom. The van der Waals surface area contributed by atoms with Gasteiger partial charge in [-0.1, -0.05) is 28.1 Å². The highest BCUT2D eigenvalue weighted by Gasteiger charge is 2.37. The van der Waals surface area contributed by atoms with Crippen molar-refractivity contribution in [2.75, 3.05) is 44.4 Å². The SMILES string of the molecule is O=C(NC1(c2cccc(Br)c2)CCOCC1)c1cc([N+](=O)[O-])ccc1N1CCOCC1. The number of nitrogens with zero attached hydrogens (tertiary/aromatic N) is 2. The number of nitrogens with one attached hydrogen (secondary N) is 1. The molecule has 8 nitrogen and oxygen atoms in total. The predicted octanol–water partition coefficient (Wildman–Crippen LogP) is 3.63. The molecule has 0 aliphatic carbocycles. The Labute approximate surface area is 188 Å². The lowest BCUT2D eigenvalue weighted by Gasteiger charge is -2.39. The number of hydrogen-bond donors (Lipinski definition) is 1. The molecule has 4 rings (SSSR count). The highest BCUT2D eigenvalue weighted by atomic mass is 79.9. The number of nitro benzene ring substituents is 1. The Hall–Kier alpha value is -2.49. The summed E-state index contributed by atoms with van der Waals surface area (Å²) in [6.07, 6.45) is 1.24. The van der Waals surface area contributed by atoms with Crippen molar-refractivity contribution in [3.8, 4) is 0 Å². The van der Waals surface area contributed by atoms with Gasteiger partial charge in [-0.15, -0.1) is 0 Å². The minimum Gasteiger partial charge on any atom is -0.381 e. The molecule has 9 heteroatoms. The molecular formula is C22H24BrN3O5. The predicted molar refractivity (Wildman–Crippen MR) is 119 cm³/mol. The molecule has 1 amide bonds. The Kier molecular flexibility index (Phi) is 6.54. The average molecular weight is 490 g/mol. The Bertz CT molecular complexity index is 971. The Morgan fingerprint density at radius 3 is 2.45 bits per heavy atom. The zero-order chi connectivity index (χ0) is 21.8. The highest BCUT2D eigenvalue weighted by molar-refractivity contribution is 9.10. The van der Waals surface area contributed by atoms with Crippen molar-refractivity contribution in [2.45, 2.75) is 18.4 Å². The molecule has 2 aromatic carbocycles. The molecule has 2 saturated heterocycles. The van der Waals surface area contributed by atoms with Crippen LogP contribution in [0.5, 0.6) is 0 Å². The van der Waals surface area contributed by atoms with E-state index in [0.717, 1.165) is 10.0 Å². The number of anilines is 1. The number of benzene rings is 2. The van der Waals surface area contributed by atoms with Crippen molar-refractivity contribution in [1.82, 2.24) is 5.32 Å². The minimum atomic E-state index is -0.605. The van der Waals surface area contributed by atoms with Gasteiger partial charge in [0, 0.05) is 42.9 Å². The Balaban J connectivity index is 1.71. The highest BCUT2D eigenvalue weighted by Crippen LogP contribution is 2.35. The van der Waals surface area contributed by atoms with Gasteiger partial charge in [0.25, 0.3) is 11.6 Å². The van der Waals surface area contributed by atoms with Crippen molar-refractivity contribution in [3.63, 3.8) is 0 Å². The number of non-ortho nitro benzene ring substituents is 1. The summed E-state index contributed by atoms with van der Waals surface area (Å²) in [4.78, 5) is 26.5. The number of hydrogen-bond acceptors (Lipinski definition) is 6. The van der Waals surface area contributed by atoms with Crippen LogP contribution in [0.3, 0.4) is 0 Å². The topological polar surface area (TPSA) is 93.9 Å². The third-order valence-electron chi connectivity index (χ3n) is 5.86. The summed E-state index contributed by atoms with van der Waals surface area (Å²) in [5.74, 6) is -0.327. The molecule has 2 aliphatic rings. The monoisotopic (exact) mass is 489 g/mol. The molecule has 164 valence electrons. The molecule has 0 aromatic heterocycles. The zero-order valence-electron chi connectivity index (χ0n) is 17.0. The number of halogens is 1. The molecule has 31 heavy (non-hydrogen) atoms. The number of rotatable bonds is 5. The second kappa shape index (κ2) is 9.33. The van der Waals surface area contributed by atoms with Crippen molar-refractivity contribution >= 4 is 33.2 Å². The lowest BCUT2D eigenvalue weighted by atomic mass is 9.82. The van der Waals surface area contributed by atoms with Gasteiger partial charge in [0.2, 0.25) is 0 Å². The number of carbonyl (C=O) groups is 1. The fourth-order valence-electron chi connectivity index (χ4n) is 4.18.